The van der Waals surface area contributed by atoms with Crippen molar-refractivity contribution in [1.29, 1.82) is 0 Å². The van der Waals surface area contributed by atoms with E-state index in [0.29, 0.717) is 34.0 Å². The maximum Gasteiger partial charge on any atom is 0.435 e. The molecule has 1 amide bonds. The van der Waals surface area contributed by atoms with Gasteiger partial charge in [0.25, 0.3) is 5.91 Å². The van der Waals surface area contributed by atoms with Gasteiger partial charge in [-0.15, -0.1) is 0 Å². The molecule has 0 aliphatic rings. The summed E-state index contributed by atoms with van der Waals surface area (Å²) >= 11 is 6.23. The van der Waals surface area contributed by atoms with Gasteiger partial charge in [-0.05, 0) is 66.7 Å². The molecule has 9 heteroatoms. The van der Waals surface area contributed by atoms with Crippen LogP contribution in [-0.4, -0.2) is 15.7 Å². The van der Waals surface area contributed by atoms with Gasteiger partial charge < -0.3 is 10.1 Å². The van der Waals surface area contributed by atoms with E-state index in [4.69, 9.17) is 16.3 Å². The topological polar surface area (TPSA) is 56.1 Å². The van der Waals surface area contributed by atoms with E-state index >= 15 is 0 Å². The summed E-state index contributed by atoms with van der Waals surface area (Å²) in [7, 11) is 0. The van der Waals surface area contributed by atoms with Crippen LogP contribution in [0.15, 0.2) is 109 Å². The van der Waals surface area contributed by atoms with Crippen molar-refractivity contribution in [3.63, 3.8) is 0 Å². The zero-order valence-electron chi connectivity index (χ0n) is 19.6. The van der Waals surface area contributed by atoms with Crippen molar-refractivity contribution in [2.75, 3.05) is 5.32 Å². The Labute approximate surface area is 222 Å². The third-order valence-corrected chi connectivity index (χ3v) is 5.93. The Morgan fingerprint density at radius 2 is 1.47 bits per heavy atom. The molecule has 4 aromatic carbocycles. The molecule has 0 atom stereocenters. The first-order valence-electron chi connectivity index (χ1n) is 11.4. The fraction of sp³-hybridized carbons (Fsp3) is 0.0345. The summed E-state index contributed by atoms with van der Waals surface area (Å²) in [5.74, 6) is 0.943. The third-order valence-electron chi connectivity index (χ3n) is 5.61. The molecule has 0 fully saturated rings. The Bertz CT molecular complexity index is 1570. The smallest absolute Gasteiger partial charge is 0.435 e. The summed E-state index contributed by atoms with van der Waals surface area (Å²) in [4.78, 5) is 12.8. The van der Waals surface area contributed by atoms with Crippen molar-refractivity contribution < 1.29 is 24.1 Å². The van der Waals surface area contributed by atoms with Gasteiger partial charge in [-0.2, -0.15) is 18.3 Å². The van der Waals surface area contributed by atoms with Gasteiger partial charge in [0.15, 0.2) is 5.69 Å². The molecule has 0 saturated carbocycles. The van der Waals surface area contributed by atoms with Gasteiger partial charge in [-0.3, -0.25) is 4.79 Å². The number of nitrogens with zero attached hydrogens (tertiary/aromatic N) is 2. The number of halogens is 4. The van der Waals surface area contributed by atoms with Crippen LogP contribution in [0.4, 0.5) is 18.9 Å². The third kappa shape index (κ3) is 5.55. The molecule has 5 nitrogen and oxygen atoms in total. The molecular formula is C29H21ClF3N3O2. The van der Waals surface area contributed by atoms with Crippen molar-refractivity contribution in [2.24, 2.45) is 0 Å². The Balaban J connectivity index is 0.00000353. The lowest BCUT2D eigenvalue weighted by Crippen LogP contribution is -2.11. The second kappa shape index (κ2) is 10.4. The second-order valence-electron chi connectivity index (χ2n) is 8.25. The number of carbonyl (C=O) groups is 1. The first-order chi connectivity index (χ1) is 18.3. The summed E-state index contributed by atoms with van der Waals surface area (Å²) in [6.45, 7) is 0. The van der Waals surface area contributed by atoms with E-state index in [-0.39, 0.29) is 18.1 Å². The number of benzene rings is 4. The predicted octanol–water partition coefficient (Wildman–Crippen LogP) is 8.50. The fourth-order valence-corrected chi connectivity index (χ4v) is 3.97. The number of nitrogens with one attached hydrogen (secondary N) is 1. The second-order valence-corrected chi connectivity index (χ2v) is 8.65. The number of carbonyl (C=O) groups excluding carboxylic acids is 1. The number of rotatable bonds is 6. The highest BCUT2D eigenvalue weighted by molar-refractivity contribution is 6.32. The fourth-order valence-electron chi connectivity index (χ4n) is 3.76. The highest BCUT2D eigenvalue weighted by Crippen LogP contribution is 2.34. The molecular weight excluding hydrogens is 515 g/mol. The van der Waals surface area contributed by atoms with Gasteiger partial charge >= 0.3 is 6.18 Å². The zero-order chi connectivity index (χ0) is 26.7. The van der Waals surface area contributed by atoms with Crippen LogP contribution in [0.5, 0.6) is 11.5 Å². The highest BCUT2D eigenvalue weighted by atomic mass is 35.5. The average molecular weight is 536 g/mol. The number of aromatic nitrogens is 2. The van der Waals surface area contributed by atoms with Crippen molar-refractivity contribution in [2.45, 2.75) is 6.18 Å². The standard InChI is InChI=1S/C29H19ClF3N3O2.H2/c30-24-8-4-5-9-25(24)36-26(18-27(35-36)29(31,32)33)19-10-12-20(13-11-19)28(37)34-21-14-16-23(17-15-21)38-22-6-2-1-3-7-22;/h1-18H,(H,34,37);1H. The molecule has 192 valence electrons. The molecule has 5 aromatic rings. The van der Waals surface area contributed by atoms with E-state index in [2.05, 4.69) is 10.4 Å². The van der Waals surface area contributed by atoms with Crippen molar-refractivity contribution >= 4 is 23.2 Å². The molecule has 0 saturated heterocycles. The molecule has 0 unspecified atom stereocenters. The number of hydrogen-bond donors (Lipinski definition) is 1. The summed E-state index contributed by atoms with van der Waals surface area (Å²) in [6, 6.07) is 29.9. The monoisotopic (exact) mass is 535 g/mol. The van der Waals surface area contributed by atoms with Crippen LogP contribution in [0.3, 0.4) is 0 Å². The van der Waals surface area contributed by atoms with E-state index in [1.54, 1.807) is 60.7 Å². The number of ether oxygens (including phenoxy) is 1. The van der Waals surface area contributed by atoms with Crippen LogP contribution in [0.25, 0.3) is 16.9 Å². The highest BCUT2D eigenvalue weighted by Gasteiger charge is 2.35. The minimum Gasteiger partial charge on any atom is -0.457 e. The van der Waals surface area contributed by atoms with Crippen LogP contribution < -0.4 is 10.1 Å². The van der Waals surface area contributed by atoms with Crippen LogP contribution >= 0.6 is 11.6 Å². The van der Waals surface area contributed by atoms with Crippen LogP contribution in [0.1, 0.15) is 17.5 Å². The molecule has 1 aromatic heterocycles. The van der Waals surface area contributed by atoms with E-state index in [9.17, 15) is 18.0 Å². The summed E-state index contributed by atoms with van der Waals surface area (Å²) in [5.41, 5.74) is 0.776. The summed E-state index contributed by atoms with van der Waals surface area (Å²) in [5, 5.41) is 6.80. The van der Waals surface area contributed by atoms with Crippen LogP contribution in [0, 0.1) is 0 Å². The Kier molecular flexibility index (Phi) is 6.89. The molecule has 0 spiro atoms. The largest absolute Gasteiger partial charge is 0.457 e. The van der Waals surface area contributed by atoms with Gasteiger partial charge in [-0.1, -0.05) is 54.1 Å². The number of anilines is 1. The summed E-state index contributed by atoms with van der Waals surface area (Å²) in [6.07, 6.45) is -4.64. The van der Waals surface area contributed by atoms with Crippen LogP contribution in [-0.2, 0) is 6.18 Å². The Morgan fingerprint density at radius 1 is 0.842 bits per heavy atom. The average Bonchev–Trinajstić information content (AvgIpc) is 3.37. The van der Waals surface area contributed by atoms with Gasteiger partial charge in [-0.25, -0.2) is 4.68 Å². The van der Waals surface area contributed by atoms with Gasteiger partial charge in [0.2, 0.25) is 0 Å². The van der Waals surface area contributed by atoms with E-state index in [0.717, 1.165) is 10.7 Å². The van der Waals surface area contributed by atoms with Gasteiger partial charge in [0.1, 0.15) is 11.5 Å². The lowest BCUT2D eigenvalue weighted by Gasteiger charge is -2.10. The van der Waals surface area contributed by atoms with Gasteiger partial charge in [0, 0.05) is 18.2 Å². The molecule has 0 bridgehead atoms. The normalized spacial score (nSPS) is 11.3. The van der Waals surface area contributed by atoms with Crippen LogP contribution in [0.2, 0.25) is 5.02 Å². The molecule has 38 heavy (non-hydrogen) atoms. The molecule has 0 radical (unpaired) electrons. The number of para-hydroxylation sites is 2. The molecule has 0 aliphatic heterocycles. The van der Waals surface area contributed by atoms with Crippen molar-refractivity contribution in [3.8, 4) is 28.4 Å². The first-order valence-corrected chi connectivity index (χ1v) is 11.8. The maximum atomic E-state index is 13.5. The van der Waals surface area contributed by atoms with E-state index < -0.39 is 11.9 Å². The number of amides is 1. The molecule has 1 N–H and O–H groups in total. The number of hydrogen-bond acceptors (Lipinski definition) is 3. The van der Waals surface area contributed by atoms with E-state index in [1.807, 2.05) is 30.3 Å². The number of alkyl halides is 3. The minimum atomic E-state index is -4.64. The molecule has 0 aliphatic carbocycles. The van der Waals surface area contributed by atoms with Crippen molar-refractivity contribution in [1.82, 2.24) is 9.78 Å². The zero-order valence-corrected chi connectivity index (χ0v) is 20.4. The minimum absolute atomic E-state index is 0. The first kappa shape index (κ1) is 25.1. The van der Waals surface area contributed by atoms with Crippen molar-refractivity contribution in [3.05, 3.63) is 125 Å². The predicted molar refractivity (Wildman–Crippen MR) is 142 cm³/mol. The van der Waals surface area contributed by atoms with Gasteiger partial charge in [0.05, 0.1) is 16.4 Å². The maximum absolute atomic E-state index is 13.5. The molecule has 1 heterocycles. The lowest BCUT2D eigenvalue weighted by atomic mass is 10.1. The van der Waals surface area contributed by atoms with E-state index in [1.165, 1.54) is 12.1 Å². The SMILES string of the molecule is O=C(Nc1ccc(Oc2ccccc2)cc1)c1ccc(-c2cc(C(F)(F)F)nn2-c2ccccc2Cl)cc1.[HH]. The lowest BCUT2D eigenvalue weighted by molar-refractivity contribution is -0.141. The summed E-state index contributed by atoms with van der Waals surface area (Å²) < 4.78 is 47.3. The quantitative estimate of drug-likeness (QED) is 0.237. The Morgan fingerprint density at radius 3 is 2.13 bits per heavy atom. The Hall–Kier alpha value is -4.56. The molecule has 5 rings (SSSR count).